The summed E-state index contributed by atoms with van der Waals surface area (Å²) >= 11 is 6.95. The molecule has 49 heavy (non-hydrogen) atoms. The third kappa shape index (κ3) is 4.95. The molecule has 2 aromatic heterocycles. The average molecular weight is 657 g/mol. The van der Waals surface area contributed by atoms with Gasteiger partial charge in [0.2, 0.25) is 0 Å². The van der Waals surface area contributed by atoms with Gasteiger partial charge in [-0.2, -0.15) is 0 Å². The monoisotopic (exact) mass is 656 g/mol. The van der Waals surface area contributed by atoms with Crippen LogP contribution >= 0.6 is 11.6 Å². The van der Waals surface area contributed by atoms with Gasteiger partial charge in [0.1, 0.15) is 16.9 Å². The van der Waals surface area contributed by atoms with E-state index in [1.165, 1.54) is 0 Å². The summed E-state index contributed by atoms with van der Waals surface area (Å²) in [5, 5.41) is 4.46. The second-order valence-corrected chi connectivity index (χ2v) is 12.3. The maximum absolute atomic E-state index is 6.95. The molecule has 0 amide bonds. The van der Waals surface area contributed by atoms with Crippen molar-refractivity contribution in [3.05, 3.63) is 163 Å². The number of ether oxygens (including phenoxy) is 1. The zero-order valence-corrected chi connectivity index (χ0v) is 27.3. The predicted octanol–water partition coefficient (Wildman–Crippen LogP) is 13.1. The molecule has 0 aliphatic carbocycles. The van der Waals surface area contributed by atoms with Crippen molar-refractivity contribution in [1.82, 2.24) is 0 Å². The minimum atomic E-state index is 0.596. The zero-order valence-electron chi connectivity index (χ0n) is 26.5. The molecule has 0 saturated heterocycles. The number of anilines is 6. The van der Waals surface area contributed by atoms with Gasteiger partial charge in [0, 0.05) is 49.3 Å². The standard InChI is InChI=1S/C43H29ClN2O3/c1-47-33-21-22-41-35(27-33)36-23-28(44)24-38(42(36)49-41)46(31-17-9-4-10-18-31)32-25-37-34-19-11-12-20-40(34)48-43(37)39(26-32)45(29-13-5-2-6-14-29)30-15-7-3-8-16-30/h2-27H,1H3. The molecule has 0 aliphatic heterocycles. The van der Waals surface area contributed by atoms with E-state index in [0.717, 1.165) is 83.8 Å². The Balaban J connectivity index is 1.39. The van der Waals surface area contributed by atoms with Crippen LogP contribution in [0, 0.1) is 0 Å². The van der Waals surface area contributed by atoms with E-state index in [2.05, 4.69) is 88.7 Å². The molecule has 2 heterocycles. The lowest BCUT2D eigenvalue weighted by Gasteiger charge is -2.29. The number of para-hydroxylation sites is 4. The number of nitrogens with zero attached hydrogens (tertiary/aromatic N) is 2. The average Bonchev–Trinajstić information content (AvgIpc) is 3.71. The van der Waals surface area contributed by atoms with Gasteiger partial charge in [-0.3, -0.25) is 0 Å². The fourth-order valence-corrected chi connectivity index (χ4v) is 6.99. The molecule has 9 aromatic rings. The molecule has 0 aliphatic rings. The number of benzene rings is 7. The fourth-order valence-electron chi connectivity index (χ4n) is 6.77. The van der Waals surface area contributed by atoms with Gasteiger partial charge in [-0.05, 0) is 84.9 Å². The largest absolute Gasteiger partial charge is 0.497 e. The second kappa shape index (κ2) is 11.8. The van der Waals surface area contributed by atoms with E-state index >= 15 is 0 Å². The van der Waals surface area contributed by atoms with Gasteiger partial charge < -0.3 is 23.4 Å². The first-order valence-corrected chi connectivity index (χ1v) is 16.4. The van der Waals surface area contributed by atoms with E-state index in [4.69, 9.17) is 25.2 Å². The Kier molecular flexibility index (Phi) is 6.99. The van der Waals surface area contributed by atoms with E-state index in [1.807, 2.05) is 78.9 Å². The summed E-state index contributed by atoms with van der Waals surface area (Å²) in [6, 6.07) is 53.4. The Morgan fingerprint density at radius 3 is 1.57 bits per heavy atom. The van der Waals surface area contributed by atoms with Crippen LogP contribution in [0.3, 0.4) is 0 Å². The molecule has 6 heteroatoms. The van der Waals surface area contributed by atoms with Crippen molar-refractivity contribution >= 4 is 89.6 Å². The van der Waals surface area contributed by atoms with Crippen LogP contribution in [0.4, 0.5) is 34.1 Å². The highest BCUT2D eigenvalue weighted by molar-refractivity contribution is 6.32. The molecule has 0 atom stereocenters. The first-order valence-electron chi connectivity index (χ1n) is 16.1. The molecule has 0 bridgehead atoms. The smallest absolute Gasteiger partial charge is 0.159 e. The summed E-state index contributed by atoms with van der Waals surface area (Å²) in [6.45, 7) is 0. The Bertz CT molecular complexity index is 2570. The van der Waals surface area contributed by atoms with Gasteiger partial charge in [0.25, 0.3) is 0 Å². The number of methoxy groups -OCH3 is 1. The fraction of sp³-hybridized carbons (Fsp3) is 0.0233. The van der Waals surface area contributed by atoms with Gasteiger partial charge in [-0.15, -0.1) is 0 Å². The van der Waals surface area contributed by atoms with E-state index in [9.17, 15) is 0 Å². The van der Waals surface area contributed by atoms with Gasteiger partial charge in [-0.1, -0.05) is 84.4 Å². The maximum atomic E-state index is 6.95. The summed E-state index contributed by atoms with van der Waals surface area (Å²) < 4.78 is 18.9. The Morgan fingerprint density at radius 1 is 0.449 bits per heavy atom. The third-order valence-corrected chi connectivity index (χ3v) is 9.17. The van der Waals surface area contributed by atoms with E-state index in [1.54, 1.807) is 7.11 Å². The van der Waals surface area contributed by atoms with Crippen LogP contribution < -0.4 is 14.5 Å². The highest BCUT2D eigenvalue weighted by Gasteiger charge is 2.26. The van der Waals surface area contributed by atoms with Crippen LogP contribution in [-0.2, 0) is 0 Å². The Morgan fingerprint density at radius 2 is 0.959 bits per heavy atom. The van der Waals surface area contributed by atoms with Crippen molar-refractivity contribution in [1.29, 1.82) is 0 Å². The molecule has 7 aromatic carbocycles. The highest BCUT2D eigenvalue weighted by atomic mass is 35.5. The molecule has 0 fully saturated rings. The first-order chi connectivity index (χ1) is 24.2. The van der Waals surface area contributed by atoms with Gasteiger partial charge >= 0.3 is 0 Å². The number of rotatable bonds is 7. The Labute approximate surface area is 287 Å². The predicted molar refractivity (Wildman–Crippen MR) is 202 cm³/mol. The van der Waals surface area contributed by atoms with E-state index in [0.29, 0.717) is 5.02 Å². The quantitative estimate of drug-likeness (QED) is 0.171. The van der Waals surface area contributed by atoms with Crippen LogP contribution in [0.2, 0.25) is 5.02 Å². The van der Waals surface area contributed by atoms with Crippen LogP contribution in [-0.4, -0.2) is 7.11 Å². The minimum absolute atomic E-state index is 0.596. The highest BCUT2D eigenvalue weighted by Crippen LogP contribution is 2.49. The van der Waals surface area contributed by atoms with E-state index < -0.39 is 0 Å². The van der Waals surface area contributed by atoms with Gasteiger partial charge in [-0.25, -0.2) is 0 Å². The lowest BCUT2D eigenvalue weighted by atomic mass is 10.1. The molecule has 0 spiro atoms. The Hall–Kier alpha value is -6.17. The SMILES string of the molecule is COc1ccc2oc3c(N(c4ccccc4)c4cc(N(c5ccccc5)c5ccccc5)c5oc6ccccc6c5c4)cc(Cl)cc3c2c1. The number of hydrogen-bond acceptors (Lipinski definition) is 5. The molecule has 0 radical (unpaired) electrons. The number of furan rings is 2. The molecule has 0 saturated carbocycles. The lowest BCUT2D eigenvalue weighted by Crippen LogP contribution is -2.13. The number of fused-ring (bicyclic) bond motifs is 6. The molecule has 9 rings (SSSR count). The summed E-state index contributed by atoms with van der Waals surface area (Å²) in [7, 11) is 1.67. The summed E-state index contributed by atoms with van der Waals surface area (Å²) in [5.74, 6) is 0.750. The minimum Gasteiger partial charge on any atom is -0.497 e. The normalized spacial score (nSPS) is 11.5. The van der Waals surface area contributed by atoms with Gasteiger partial charge in [0.05, 0.1) is 18.5 Å². The zero-order chi connectivity index (χ0) is 32.9. The van der Waals surface area contributed by atoms with Crippen molar-refractivity contribution in [2.45, 2.75) is 0 Å². The summed E-state index contributed by atoms with van der Waals surface area (Å²) in [5.41, 5.74) is 8.68. The van der Waals surface area contributed by atoms with Crippen molar-refractivity contribution in [3.63, 3.8) is 0 Å². The van der Waals surface area contributed by atoms with Crippen LogP contribution in [0.1, 0.15) is 0 Å². The lowest BCUT2D eigenvalue weighted by molar-refractivity contribution is 0.415. The molecule has 5 nitrogen and oxygen atoms in total. The van der Waals surface area contributed by atoms with Crippen LogP contribution in [0.15, 0.2) is 167 Å². The maximum Gasteiger partial charge on any atom is 0.159 e. The molecule has 236 valence electrons. The van der Waals surface area contributed by atoms with Gasteiger partial charge in [0.15, 0.2) is 11.2 Å². The van der Waals surface area contributed by atoms with Crippen molar-refractivity contribution < 1.29 is 13.6 Å². The van der Waals surface area contributed by atoms with Crippen LogP contribution in [0.25, 0.3) is 43.9 Å². The topological polar surface area (TPSA) is 42.0 Å². The number of halogens is 1. The van der Waals surface area contributed by atoms with Crippen molar-refractivity contribution in [2.75, 3.05) is 16.9 Å². The summed E-state index contributed by atoms with van der Waals surface area (Å²) in [4.78, 5) is 4.46. The second-order valence-electron chi connectivity index (χ2n) is 11.9. The van der Waals surface area contributed by atoms with Crippen LogP contribution in [0.5, 0.6) is 5.75 Å². The summed E-state index contributed by atoms with van der Waals surface area (Å²) in [6.07, 6.45) is 0. The molecular weight excluding hydrogens is 628 g/mol. The van der Waals surface area contributed by atoms with Crippen molar-refractivity contribution in [3.8, 4) is 5.75 Å². The molecule has 0 unspecified atom stereocenters. The van der Waals surface area contributed by atoms with Crippen molar-refractivity contribution in [2.24, 2.45) is 0 Å². The molecular formula is C43H29ClN2O3. The molecule has 0 N–H and O–H groups in total. The third-order valence-electron chi connectivity index (χ3n) is 8.95. The first kappa shape index (κ1) is 29.0. The number of hydrogen-bond donors (Lipinski definition) is 0. The van der Waals surface area contributed by atoms with E-state index in [-0.39, 0.29) is 0 Å².